The summed E-state index contributed by atoms with van der Waals surface area (Å²) in [5.74, 6) is -1.84. The predicted molar refractivity (Wildman–Crippen MR) is 98.3 cm³/mol. The number of carbonyl (C=O) groups excluding carboxylic acids is 3. The molecule has 3 N–H and O–H groups in total. The standard InChI is InChI=1S/C18H17N5O5/c1-2-23-18(27)12-7-4-3-6-11(12)15(22-23)17(26)21-20-14(24)10-19-16(25)13-8-5-9-28-13/h3-9H,2,10H2,1H3,(H,19,25)(H,20,24)(H,21,26). The fourth-order valence-electron chi connectivity index (χ4n) is 2.50. The van der Waals surface area contributed by atoms with Crippen molar-refractivity contribution in [2.75, 3.05) is 6.54 Å². The van der Waals surface area contributed by atoms with Gasteiger partial charge in [0, 0.05) is 11.9 Å². The fraction of sp³-hybridized carbons (Fsp3) is 0.167. The van der Waals surface area contributed by atoms with Gasteiger partial charge in [-0.3, -0.25) is 30.0 Å². The van der Waals surface area contributed by atoms with E-state index < -0.39 is 17.7 Å². The molecule has 10 heteroatoms. The number of rotatable bonds is 5. The van der Waals surface area contributed by atoms with E-state index in [9.17, 15) is 19.2 Å². The fourth-order valence-corrected chi connectivity index (χ4v) is 2.50. The van der Waals surface area contributed by atoms with Crippen molar-refractivity contribution in [2.24, 2.45) is 0 Å². The zero-order valence-corrected chi connectivity index (χ0v) is 14.9. The summed E-state index contributed by atoms with van der Waals surface area (Å²) in [5.41, 5.74) is 4.11. The highest BCUT2D eigenvalue weighted by atomic mass is 16.3. The molecule has 3 rings (SSSR count). The minimum Gasteiger partial charge on any atom is -0.459 e. The molecule has 3 aromatic rings. The molecule has 0 bridgehead atoms. The molecule has 3 amide bonds. The van der Waals surface area contributed by atoms with Crippen LogP contribution in [0.5, 0.6) is 0 Å². The zero-order valence-electron chi connectivity index (χ0n) is 14.9. The Labute approximate surface area is 158 Å². The van der Waals surface area contributed by atoms with E-state index in [1.165, 1.54) is 17.0 Å². The maximum Gasteiger partial charge on any atom is 0.290 e. The average molecular weight is 383 g/mol. The van der Waals surface area contributed by atoms with E-state index in [-0.39, 0.29) is 30.1 Å². The number of hydrazine groups is 1. The minimum absolute atomic E-state index is 0.00280. The van der Waals surface area contributed by atoms with Gasteiger partial charge in [0.2, 0.25) is 0 Å². The first-order valence-electron chi connectivity index (χ1n) is 8.42. The number of nitrogens with one attached hydrogen (secondary N) is 3. The van der Waals surface area contributed by atoms with Crippen LogP contribution in [0, 0.1) is 0 Å². The van der Waals surface area contributed by atoms with Crippen LogP contribution in [0.4, 0.5) is 0 Å². The van der Waals surface area contributed by atoms with E-state index in [0.717, 1.165) is 0 Å². The quantitative estimate of drug-likeness (QED) is 0.539. The molecule has 144 valence electrons. The third-order valence-corrected chi connectivity index (χ3v) is 3.85. The van der Waals surface area contributed by atoms with Gasteiger partial charge in [0.15, 0.2) is 11.5 Å². The maximum atomic E-state index is 12.5. The summed E-state index contributed by atoms with van der Waals surface area (Å²) >= 11 is 0. The molecule has 0 fully saturated rings. The van der Waals surface area contributed by atoms with Crippen LogP contribution in [0.3, 0.4) is 0 Å². The molecule has 0 atom stereocenters. The van der Waals surface area contributed by atoms with Gasteiger partial charge < -0.3 is 9.73 Å². The van der Waals surface area contributed by atoms with Crippen LogP contribution in [0.1, 0.15) is 28.0 Å². The predicted octanol–water partition coefficient (Wildman–Crippen LogP) is 0.200. The van der Waals surface area contributed by atoms with Crippen molar-refractivity contribution in [3.8, 4) is 0 Å². The summed E-state index contributed by atoms with van der Waals surface area (Å²) in [7, 11) is 0. The number of hydrogen-bond acceptors (Lipinski definition) is 6. The van der Waals surface area contributed by atoms with Gasteiger partial charge in [0.1, 0.15) is 0 Å². The largest absolute Gasteiger partial charge is 0.459 e. The summed E-state index contributed by atoms with van der Waals surface area (Å²) in [5, 5.41) is 7.13. The number of hydrogen-bond donors (Lipinski definition) is 3. The Morgan fingerprint density at radius 3 is 2.46 bits per heavy atom. The number of furan rings is 1. The molecular formula is C18H17N5O5. The Hall–Kier alpha value is -3.95. The topological polar surface area (TPSA) is 135 Å². The number of aryl methyl sites for hydroxylation is 1. The lowest BCUT2D eigenvalue weighted by molar-refractivity contribution is -0.120. The summed E-state index contributed by atoms with van der Waals surface area (Å²) in [6.07, 6.45) is 1.34. The molecule has 0 saturated heterocycles. The molecule has 0 aliphatic heterocycles. The molecule has 28 heavy (non-hydrogen) atoms. The van der Waals surface area contributed by atoms with E-state index in [1.807, 2.05) is 0 Å². The molecule has 0 saturated carbocycles. The van der Waals surface area contributed by atoms with Crippen LogP contribution in [-0.4, -0.2) is 34.0 Å². The zero-order chi connectivity index (χ0) is 20.1. The van der Waals surface area contributed by atoms with Crippen LogP contribution < -0.4 is 21.7 Å². The SMILES string of the molecule is CCn1nc(C(=O)NNC(=O)CNC(=O)c2ccco2)c2ccccc2c1=O. The molecule has 0 aliphatic rings. The maximum absolute atomic E-state index is 12.5. The second kappa shape index (κ2) is 8.16. The van der Waals surface area contributed by atoms with Gasteiger partial charge in [-0.1, -0.05) is 18.2 Å². The van der Waals surface area contributed by atoms with Crippen LogP contribution in [0.25, 0.3) is 10.8 Å². The summed E-state index contributed by atoms with van der Waals surface area (Å²) in [6.45, 7) is 1.64. The molecule has 0 aliphatic carbocycles. The molecule has 0 radical (unpaired) electrons. The highest BCUT2D eigenvalue weighted by molar-refractivity contribution is 6.05. The van der Waals surface area contributed by atoms with Crippen molar-refractivity contribution in [1.29, 1.82) is 0 Å². The Bertz CT molecular complexity index is 1090. The second-order valence-electron chi connectivity index (χ2n) is 5.68. The summed E-state index contributed by atoms with van der Waals surface area (Å²) in [6, 6.07) is 9.57. The van der Waals surface area contributed by atoms with Crippen molar-refractivity contribution in [3.05, 3.63) is 64.5 Å². The van der Waals surface area contributed by atoms with Crippen molar-refractivity contribution < 1.29 is 18.8 Å². The summed E-state index contributed by atoms with van der Waals surface area (Å²) < 4.78 is 6.08. The summed E-state index contributed by atoms with van der Waals surface area (Å²) in [4.78, 5) is 48.3. The van der Waals surface area contributed by atoms with Crippen molar-refractivity contribution in [3.63, 3.8) is 0 Å². The third-order valence-electron chi connectivity index (χ3n) is 3.85. The molecule has 0 spiro atoms. The van der Waals surface area contributed by atoms with Gasteiger partial charge in [-0.05, 0) is 25.1 Å². The van der Waals surface area contributed by atoms with Gasteiger partial charge in [0.25, 0.3) is 23.3 Å². The van der Waals surface area contributed by atoms with E-state index in [4.69, 9.17) is 4.42 Å². The molecule has 10 nitrogen and oxygen atoms in total. The van der Waals surface area contributed by atoms with Gasteiger partial charge >= 0.3 is 0 Å². The first kappa shape index (κ1) is 18.8. The van der Waals surface area contributed by atoms with Crippen LogP contribution in [0.2, 0.25) is 0 Å². The lowest BCUT2D eigenvalue weighted by Crippen LogP contribution is -2.47. The number of aromatic nitrogens is 2. The lowest BCUT2D eigenvalue weighted by Gasteiger charge is -2.11. The minimum atomic E-state index is -0.691. The molecule has 2 aromatic heterocycles. The van der Waals surface area contributed by atoms with E-state index in [1.54, 1.807) is 37.3 Å². The van der Waals surface area contributed by atoms with E-state index >= 15 is 0 Å². The van der Waals surface area contributed by atoms with Gasteiger partial charge in [0.05, 0.1) is 18.2 Å². The molecule has 2 heterocycles. The van der Waals surface area contributed by atoms with E-state index in [2.05, 4.69) is 21.3 Å². The third kappa shape index (κ3) is 3.90. The Kier molecular flexibility index (Phi) is 5.49. The number of amides is 3. The molecule has 1 aromatic carbocycles. The normalized spacial score (nSPS) is 10.5. The lowest BCUT2D eigenvalue weighted by atomic mass is 10.1. The average Bonchev–Trinajstić information content (AvgIpc) is 3.25. The van der Waals surface area contributed by atoms with Gasteiger partial charge in [-0.25, -0.2) is 4.68 Å². The first-order chi connectivity index (χ1) is 13.5. The van der Waals surface area contributed by atoms with Gasteiger partial charge in [-0.2, -0.15) is 5.10 Å². The van der Waals surface area contributed by atoms with Crippen molar-refractivity contribution in [2.45, 2.75) is 13.5 Å². The Morgan fingerprint density at radius 2 is 1.79 bits per heavy atom. The molecular weight excluding hydrogens is 366 g/mol. The number of carbonyl (C=O) groups is 3. The van der Waals surface area contributed by atoms with E-state index in [0.29, 0.717) is 10.8 Å². The molecule has 0 unspecified atom stereocenters. The van der Waals surface area contributed by atoms with Crippen molar-refractivity contribution >= 4 is 28.5 Å². The monoisotopic (exact) mass is 383 g/mol. The van der Waals surface area contributed by atoms with Crippen molar-refractivity contribution in [1.82, 2.24) is 25.9 Å². The number of benzene rings is 1. The van der Waals surface area contributed by atoms with Crippen LogP contribution in [-0.2, 0) is 11.3 Å². The Morgan fingerprint density at radius 1 is 1.04 bits per heavy atom. The number of fused-ring (bicyclic) bond motifs is 1. The first-order valence-corrected chi connectivity index (χ1v) is 8.42. The smallest absolute Gasteiger partial charge is 0.290 e. The van der Waals surface area contributed by atoms with Crippen LogP contribution >= 0.6 is 0 Å². The van der Waals surface area contributed by atoms with Crippen LogP contribution in [0.15, 0.2) is 51.9 Å². The number of nitrogens with zero attached hydrogens (tertiary/aromatic N) is 2. The highest BCUT2D eigenvalue weighted by Gasteiger charge is 2.17. The Balaban J connectivity index is 1.66. The van der Waals surface area contributed by atoms with Gasteiger partial charge in [-0.15, -0.1) is 0 Å². The second-order valence-corrected chi connectivity index (χ2v) is 5.68. The highest BCUT2D eigenvalue weighted by Crippen LogP contribution is 2.12.